The molecule has 2 aromatic rings. The van der Waals surface area contributed by atoms with Crippen molar-refractivity contribution in [1.29, 1.82) is 0 Å². The van der Waals surface area contributed by atoms with Gasteiger partial charge in [-0.15, -0.1) is 0 Å². The van der Waals surface area contributed by atoms with Gasteiger partial charge >= 0.3 is 0 Å². The van der Waals surface area contributed by atoms with Crippen LogP contribution in [-0.4, -0.2) is 46.1 Å². The van der Waals surface area contributed by atoms with Crippen LogP contribution in [-0.2, 0) is 27.5 Å². The summed E-state index contributed by atoms with van der Waals surface area (Å²) in [6.07, 6.45) is 0.175. The molecule has 164 valence electrons. The van der Waals surface area contributed by atoms with Gasteiger partial charge in [0.1, 0.15) is 12.1 Å². The van der Waals surface area contributed by atoms with E-state index < -0.39 is 12.1 Å². The zero-order valence-corrected chi connectivity index (χ0v) is 18.5. The Balaban J connectivity index is 1.88. The number of rotatable bonds is 5. The lowest BCUT2D eigenvalue weighted by Crippen LogP contribution is -2.58. The largest absolute Gasteiger partial charge is 0.343 e. The highest BCUT2D eigenvalue weighted by Gasteiger charge is 2.36. The highest BCUT2D eigenvalue weighted by molar-refractivity contribution is 5.93. The average Bonchev–Trinajstić information content (AvgIpc) is 2.76. The van der Waals surface area contributed by atoms with Gasteiger partial charge in [-0.1, -0.05) is 74.5 Å². The van der Waals surface area contributed by atoms with Crippen molar-refractivity contribution in [2.45, 2.75) is 52.4 Å². The van der Waals surface area contributed by atoms with Crippen molar-refractivity contribution < 1.29 is 14.4 Å². The van der Waals surface area contributed by atoms with Gasteiger partial charge in [-0.05, 0) is 24.0 Å². The molecule has 0 radical (unpaired) electrons. The summed E-state index contributed by atoms with van der Waals surface area (Å²) in [5.74, 6) is -0.682. The Bertz CT molecular complexity index is 899. The van der Waals surface area contributed by atoms with Crippen molar-refractivity contribution >= 4 is 17.7 Å². The summed E-state index contributed by atoms with van der Waals surface area (Å²) >= 11 is 0. The molecule has 2 aromatic carbocycles. The van der Waals surface area contributed by atoms with E-state index in [0.717, 1.165) is 11.1 Å². The maximum Gasteiger partial charge on any atom is 0.245 e. The molecule has 1 aliphatic heterocycles. The first-order valence-electron chi connectivity index (χ1n) is 10.8. The maximum absolute atomic E-state index is 13.3. The van der Waals surface area contributed by atoms with Crippen molar-refractivity contribution in [3.8, 4) is 0 Å². The summed E-state index contributed by atoms with van der Waals surface area (Å²) in [4.78, 5) is 42.8. The molecule has 0 bridgehead atoms. The molecule has 31 heavy (non-hydrogen) atoms. The van der Waals surface area contributed by atoms with Crippen LogP contribution >= 0.6 is 0 Å². The fourth-order valence-corrected chi connectivity index (χ4v) is 4.01. The third-order valence-electron chi connectivity index (χ3n) is 5.60. The average molecular weight is 422 g/mol. The van der Waals surface area contributed by atoms with Gasteiger partial charge in [-0.25, -0.2) is 0 Å². The molecule has 1 saturated heterocycles. The lowest BCUT2D eigenvalue weighted by Gasteiger charge is -2.37. The van der Waals surface area contributed by atoms with Gasteiger partial charge < -0.3 is 15.1 Å². The van der Waals surface area contributed by atoms with E-state index in [-0.39, 0.29) is 30.1 Å². The summed E-state index contributed by atoms with van der Waals surface area (Å²) in [6, 6.07) is 18.1. The van der Waals surface area contributed by atoms with E-state index in [0.29, 0.717) is 19.6 Å². The van der Waals surface area contributed by atoms with Crippen LogP contribution in [0.3, 0.4) is 0 Å². The molecule has 1 N–H and O–H groups in total. The van der Waals surface area contributed by atoms with Crippen molar-refractivity contribution in [1.82, 2.24) is 15.1 Å². The topological polar surface area (TPSA) is 69.7 Å². The summed E-state index contributed by atoms with van der Waals surface area (Å²) < 4.78 is 0. The molecular formula is C25H31N3O3. The van der Waals surface area contributed by atoms with Crippen molar-refractivity contribution in [2.24, 2.45) is 5.92 Å². The van der Waals surface area contributed by atoms with Gasteiger partial charge in [0, 0.05) is 26.1 Å². The van der Waals surface area contributed by atoms with E-state index in [1.165, 1.54) is 0 Å². The fraction of sp³-hybridized carbons (Fsp3) is 0.400. The molecule has 0 spiro atoms. The molecule has 1 fully saturated rings. The molecule has 0 aromatic heterocycles. The summed E-state index contributed by atoms with van der Waals surface area (Å²) in [6.45, 7) is 6.63. The standard InChI is InChI=1S/C25H31N3O3/c1-18(2)23-24(30)26-19(3)25(31)27(16-20-10-6-4-7-11-20)15-14-22(29)28(23)17-21-12-8-5-9-13-21/h4-13,18-19,23H,14-17H2,1-3H3,(H,26,30)/t19-,23-/m0/s1. The number of nitrogens with zero attached hydrogens (tertiary/aromatic N) is 2. The van der Waals surface area contributed by atoms with Crippen LogP contribution in [0.2, 0.25) is 0 Å². The number of carbonyl (C=O) groups is 3. The second-order valence-electron chi connectivity index (χ2n) is 8.42. The first-order chi connectivity index (χ1) is 14.9. The van der Waals surface area contributed by atoms with E-state index in [1.807, 2.05) is 74.5 Å². The van der Waals surface area contributed by atoms with Gasteiger partial charge in [-0.3, -0.25) is 14.4 Å². The van der Waals surface area contributed by atoms with E-state index in [4.69, 9.17) is 0 Å². The number of carbonyl (C=O) groups excluding carboxylic acids is 3. The zero-order chi connectivity index (χ0) is 22.4. The Morgan fingerprint density at radius 1 is 0.903 bits per heavy atom. The molecule has 1 heterocycles. The molecular weight excluding hydrogens is 390 g/mol. The quantitative estimate of drug-likeness (QED) is 0.807. The lowest BCUT2D eigenvalue weighted by atomic mass is 9.99. The molecule has 0 aliphatic carbocycles. The zero-order valence-electron chi connectivity index (χ0n) is 18.5. The Morgan fingerprint density at radius 3 is 2.00 bits per heavy atom. The first kappa shape index (κ1) is 22.5. The Kier molecular flexibility index (Phi) is 7.45. The van der Waals surface area contributed by atoms with Gasteiger partial charge in [0.2, 0.25) is 17.7 Å². The van der Waals surface area contributed by atoms with Crippen LogP contribution in [0.15, 0.2) is 60.7 Å². The minimum Gasteiger partial charge on any atom is -0.343 e. The molecule has 1 aliphatic rings. The predicted molar refractivity (Wildman–Crippen MR) is 120 cm³/mol. The smallest absolute Gasteiger partial charge is 0.245 e. The first-order valence-corrected chi connectivity index (χ1v) is 10.8. The highest BCUT2D eigenvalue weighted by atomic mass is 16.2. The number of hydrogen-bond acceptors (Lipinski definition) is 3. The van der Waals surface area contributed by atoms with Crippen LogP contribution < -0.4 is 5.32 Å². The molecule has 3 amide bonds. The highest BCUT2D eigenvalue weighted by Crippen LogP contribution is 2.19. The van der Waals surface area contributed by atoms with Crippen LogP contribution in [0.4, 0.5) is 0 Å². The van der Waals surface area contributed by atoms with E-state index in [2.05, 4.69) is 5.32 Å². The summed E-state index contributed by atoms with van der Waals surface area (Å²) in [7, 11) is 0. The number of amides is 3. The van der Waals surface area contributed by atoms with Gasteiger partial charge in [-0.2, -0.15) is 0 Å². The molecule has 2 atom stereocenters. The lowest BCUT2D eigenvalue weighted by molar-refractivity contribution is -0.147. The van der Waals surface area contributed by atoms with Crippen LogP contribution in [0.1, 0.15) is 38.3 Å². The maximum atomic E-state index is 13.3. The molecule has 6 nitrogen and oxygen atoms in total. The number of nitrogens with one attached hydrogen (secondary N) is 1. The van der Waals surface area contributed by atoms with Crippen LogP contribution in [0.5, 0.6) is 0 Å². The van der Waals surface area contributed by atoms with E-state index in [9.17, 15) is 14.4 Å². The van der Waals surface area contributed by atoms with Crippen molar-refractivity contribution in [3.05, 3.63) is 71.8 Å². The summed E-state index contributed by atoms with van der Waals surface area (Å²) in [5.41, 5.74) is 1.96. The van der Waals surface area contributed by atoms with Crippen LogP contribution in [0.25, 0.3) is 0 Å². The third-order valence-corrected chi connectivity index (χ3v) is 5.60. The second kappa shape index (κ2) is 10.2. The Morgan fingerprint density at radius 2 is 1.45 bits per heavy atom. The third kappa shape index (κ3) is 5.72. The van der Waals surface area contributed by atoms with Crippen molar-refractivity contribution in [3.63, 3.8) is 0 Å². The number of hydrogen-bond donors (Lipinski definition) is 1. The SMILES string of the molecule is CC(C)[C@H]1C(=O)N[C@@H](C)C(=O)N(Cc2ccccc2)CCC(=O)N1Cc1ccccc1. The van der Waals surface area contributed by atoms with E-state index in [1.54, 1.807) is 16.7 Å². The van der Waals surface area contributed by atoms with Gasteiger partial charge in [0.15, 0.2) is 0 Å². The number of benzene rings is 2. The Hall–Kier alpha value is -3.15. The van der Waals surface area contributed by atoms with Gasteiger partial charge in [0.25, 0.3) is 0 Å². The van der Waals surface area contributed by atoms with Crippen LogP contribution in [0, 0.1) is 5.92 Å². The molecule has 0 unspecified atom stereocenters. The van der Waals surface area contributed by atoms with Crippen molar-refractivity contribution in [2.75, 3.05) is 6.54 Å². The fourth-order valence-electron chi connectivity index (χ4n) is 4.01. The second-order valence-corrected chi connectivity index (χ2v) is 8.42. The minimum atomic E-state index is -0.663. The predicted octanol–water partition coefficient (Wildman–Crippen LogP) is 2.98. The normalized spacial score (nSPS) is 20.7. The minimum absolute atomic E-state index is 0.0881. The molecule has 0 saturated carbocycles. The van der Waals surface area contributed by atoms with E-state index >= 15 is 0 Å². The van der Waals surface area contributed by atoms with Gasteiger partial charge in [0.05, 0.1) is 0 Å². The molecule has 6 heteroatoms. The molecule has 3 rings (SSSR count). The monoisotopic (exact) mass is 421 g/mol. The summed E-state index contributed by atoms with van der Waals surface area (Å²) in [5, 5.41) is 2.86. The Labute approximate surface area is 184 Å².